The number of benzene rings is 1. The zero-order valence-electron chi connectivity index (χ0n) is 8.23. The third-order valence-corrected chi connectivity index (χ3v) is 1.81. The lowest BCUT2D eigenvalue weighted by molar-refractivity contribution is 0.0727. The van der Waals surface area contributed by atoms with Crippen molar-refractivity contribution >= 4 is 11.4 Å². The van der Waals surface area contributed by atoms with Gasteiger partial charge in [0, 0.05) is 25.0 Å². The summed E-state index contributed by atoms with van der Waals surface area (Å²) in [5.74, 6) is 0. The molecule has 0 bridgehead atoms. The summed E-state index contributed by atoms with van der Waals surface area (Å²) in [6, 6.07) is 7.36. The SMILES string of the molecule is COCC(O)CNc1ccc(N)cc1. The Morgan fingerprint density at radius 3 is 2.64 bits per heavy atom. The molecule has 14 heavy (non-hydrogen) atoms. The van der Waals surface area contributed by atoms with Gasteiger partial charge in [-0.05, 0) is 24.3 Å². The number of rotatable bonds is 5. The summed E-state index contributed by atoms with van der Waals surface area (Å²) in [5, 5.41) is 12.4. The second kappa shape index (κ2) is 5.47. The van der Waals surface area contributed by atoms with E-state index in [-0.39, 0.29) is 0 Å². The van der Waals surface area contributed by atoms with Crippen LogP contribution in [-0.2, 0) is 4.74 Å². The van der Waals surface area contributed by atoms with Crippen LogP contribution in [0.25, 0.3) is 0 Å². The van der Waals surface area contributed by atoms with E-state index in [1.165, 1.54) is 0 Å². The van der Waals surface area contributed by atoms with Crippen LogP contribution in [0.2, 0.25) is 0 Å². The Balaban J connectivity index is 2.34. The third kappa shape index (κ3) is 3.64. The number of hydrogen-bond acceptors (Lipinski definition) is 4. The average Bonchev–Trinajstić information content (AvgIpc) is 2.17. The van der Waals surface area contributed by atoms with Gasteiger partial charge >= 0.3 is 0 Å². The molecule has 0 aliphatic rings. The Morgan fingerprint density at radius 1 is 1.43 bits per heavy atom. The summed E-state index contributed by atoms with van der Waals surface area (Å²) in [6.07, 6.45) is -0.488. The molecule has 4 heteroatoms. The van der Waals surface area contributed by atoms with Gasteiger partial charge in [-0.25, -0.2) is 0 Å². The molecule has 1 atom stereocenters. The number of nitrogens with two attached hydrogens (primary N) is 1. The van der Waals surface area contributed by atoms with Gasteiger partial charge in [0.25, 0.3) is 0 Å². The normalized spacial score (nSPS) is 12.4. The van der Waals surface area contributed by atoms with Crippen molar-refractivity contribution in [2.24, 2.45) is 0 Å². The van der Waals surface area contributed by atoms with Crippen molar-refractivity contribution < 1.29 is 9.84 Å². The average molecular weight is 196 g/mol. The lowest BCUT2D eigenvalue weighted by Crippen LogP contribution is -2.24. The lowest BCUT2D eigenvalue weighted by atomic mass is 10.2. The number of nitrogen functional groups attached to an aromatic ring is 1. The van der Waals surface area contributed by atoms with Crippen LogP contribution in [0.5, 0.6) is 0 Å². The van der Waals surface area contributed by atoms with Gasteiger partial charge in [0.15, 0.2) is 0 Å². The van der Waals surface area contributed by atoms with Crippen LogP contribution in [0.15, 0.2) is 24.3 Å². The molecule has 78 valence electrons. The van der Waals surface area contributed by atoms with Gasteiger partial charge < -0.3 is 20.9 Å². The molecule has 0 heterocycles. The smallest absolute Gasteiger partial charge is 0.0945 e. The molecule has 0 saturated carbocycles. The zero-order valence-corrected chi connectivity index (χ0v) is 8.23. The topological polar surface area (TPSA) is 67.5 Å². The van der Waals surface area contributed by atoms with E-state index in [4.69, 9.17) is 10.5 Å². The molecule has 0 saturated heterocycles. The minimum atomic E-state index is -0.488. The van der Waals surface area contributed by atoms with E-state index in [1.807, 2.05) is 24.3 Å². The molecule has 0 amide bonds. The van der Waals surface area contributed by atoms with Gasteiger partial charge in [0.2, 0.25) is 0 Å². The fourth-order valence-corrected chi connectivity index (χ4v) is 1.09. The fourth-order valence-electron chi connectivity index (χ4n) is 1.09. The van der Waals surface area contributed by atoms with Crippen LogP contribution in [-0.4, -0.2) is 31.5 Å². The number of aliphatic hydroxyl groups excluding tert-OH is 1. The summed E-state index contributed by atoms with van der Waals surface area (Å²) < 4.78 is 4.80. The van der Waals surface area contributed by atoms with Crippen LogP contribution in [0.3, 0.4) is 0 Å². The van der Waals surface area contributed by atoms with Crippen molar-refractivity contribution in [3.05, 3.63) is 24.3 Å². The van der Waals surface area contributed by atoms with E-state index in [2.05, 4.69) is 5.32 Å². The van der Waals surface area contributed by atoms with E-state index in [0.29, 0.717) is 13.2 Å². The van der Waals surface area contributed by atoms with Gasteiger partial charge in [0.05, 0.1) is 12.7 Å². The summed E-state index contributed by atoms with van der Waals surface area (Å²) in [7, 11) is 1.56. The highest BCUT2D eigenvalue weighted by Gasteiger charge is 2.01. The lowest BCUT2D eigenvalue weighted by Gasteiger charge is -2.11. The van der Waals surface area contributed by atoms with E-state index in [0.717, 1.165) is 11.4 Å². The molecule has 0 fully saturated rings. The largest absolute Gasteiger partial charge is 0.399 e. The molecule has 4 N–H and O–H groups in total. The maximum absolute atomic E-state index is 9.35. The van der Waals surface area contributed by atoms with Crippen molar-refractivity contribution in [3.8, 4) is 0 Å². The minimum Gasteiger partial charge on any atom is -0.399 e. The van der Waals surface area contributed by atoms with Gasteiger partial charge in [-0.2, -0.15) is 0 Å². The number of anilines is 2. The van der Waals surface area contributed by atoms with Crippen molar-refractivity contribution in [3.63, 3.8) is 0 Å². The Bertz CT molecular complexity index is 261. The first-order valence-corrected chi connectivity index (χ1v) is 4.49. The fraction of sp³-hybridized carbons (Fsp3) is 0.400. The molecule has 0 spiro atoms. The molecular weight excluding hydrogens is 180 g/mol. The van der Waals surface area contributed by atoms with Crippen molar-refractivity contribution in [2.75, 3.05) is 31.3 Å². The quantitative estimate of drug-likeness (QED) is 0.606. The maximum atomic E-state index is 9.35. The van der Waals surface area contributed by atoms with Gasteiger partial charge in [-0.3, -0.25) is 0 Å². The summed E-state index contributed by atoms with van der Waals surface area (Å²) in [5.41, 5.74) is 7.20. The molecule has 1 unspecified atom stereocenters. The standard InChI is InChI=1S/C10H16N2O2/c1-14-7-10(13)6-12-9-4-2-8(11)3-5-9/h2-5,10,12-13H,6-7,11H2,1H3. The molecule has 0 aliphatic heterocycles. The van der Waals surface area contributed by atoms with Crippen molar-refractivity contribution in [1.82, 2.24) is 0 Å². The second-order valence-electron chi connectivity index (χ2n) is 3.11. The summed E-state index contributed by atoms with van der Waals surface area (Å²) in [6.45, 7) is 0.805. The first-order valence-electron chi connectivity index (χ1n) is 4.49. The van der Waals surface area contributed by atoms with Crippen molar-refractivity contribution in [2.45, 2.75) is 6.10 Å². The zero-order chi connectivity index (χ0) is 10.4. The van der Waals surface area contributed by atoms with Gasteiger partial charge in [-0.1, -0.05) is 0 Å². The molecular formula is C10H16N2O2. The van der Waals surface area contributed by atoms with E-state index in [9.17, 15) is 5.11 Å². The molecule has 1 aromatic carbocycles. The number of ether oxygens (including phenoxy) is 1. The molecule has 0 aromatic heterocycles. The summed E-state index contributed by atoms with van der Waals surface area (Å²) >= 11 is 0. The van der Waals surface area contributed by atoms with Gasteiger partial charge in [0.1, 0.15) is 0 Å². The van der Waals surface area contributed by atoms with E-state index >= 15 is 0 Å². The highest BCUT2D eigenvalue weighted by molar-refractivity contribution is 5.51. The molecule has 0 aliphatic carbocycles. The number of hydrogen-bond donors (Lipinski definition) is 3. The Labute approximate surface area is 83.7 Å². The van der Waals surface area contributed by atoms with Crippen LogP contribution in [0, 0.1) is 0 Å². The maximum Gasteiger partial charge on any atom is 0.0945 e. The van der Waals surface area contributed by atoms with Crippen LogP contribution in [0.4, 0.5) is 11.4 Å². The highest BCUT2D eigenvalue weighted by Crippen LogP contribution is 2.10. The molecule has 1 aromatic rings. The number of nitrogens with one attached hydrogen (secondary N) is 1. The predicted molar refractivity (Wildman–Crippen MR) is 57.2 cm³/mol. The van der Waals surface area contributed by atoms with Crippen molar-refractivity contribution in [1.29, 1.82) is 0 Å². The Hall–Kier alpha value is -1.26. The highest BCUT2D eigenvalue weighted by atomic mass is 16.5. The monoisotopic (exact) mass is 196 g/mol. The van der Waals surface area contributed by atoms with Gasteiger partial charge in [-0.15, -0.1) is 0 Å². The number of methoxy groups -OCH3 is 1. The molecule has 4 nitrogen and oxygen atoms in total. The Kier molecular flexibility index (Phi) is 4.22. The first kappa shape index (κ1) is 10.8. The van der Waals surface area contributed by atoms with E-state index in [1.54, 1.807) is 7.11 Å². The minimum absolute atomic E-state index is 0.335. The van der Waals surface area contributed by atoms with Crippen LogP contribution in [0.1, 0.15) is 0 Å². The third-order valence-electron chi connectivity index (χ3n) is 1.81. The van der Waals surface area contributed by atoms with E-state index < -0.39 is 6.10 Å². The molecule has 0 radical (unpaired) electrons. The Morgan fingerprint density at radius 2 is 2.07 bits per heavy atom. The van der Waals surface area contributed by atoms with Crippen LogP contribution >= 0.6 is 0 Å². The molecule has 1 rings (SSSR count). The van der Waals surface area contributed by atoms with Crippen LogP contribution < -0.4 is 11.1 Å². The first-order chi connectivity index (χ1) is 6.72. The summed E-state index contributed by atoms with van der Waals surface area (Å²) in [4.78, 5) is 0. The second-order valence-corrected chi connectivity index (χ2v) is 3.11. The number of aliphatic hydroxyl groups is 1. The predicted octanol–water partition coefficient (Wildman–Crippen LogP) is 0.688.